The highest BCUT2D eigenvalue weighted by molar-refractivity contribution is 5.83. The fourth-order valence-electron chi connectivity index (χ4n) is 6.33. The van der Waals surface area contributed by atoms with Gasteiger partial charge in [-0.1, -0.05) is 34.6 Å². The van der Waals surface area contributed by atoms with Crippen LogP contribution in [0.2, 0.25) is 0 Å². The Balaban J connectivity index is 2.48. The third kappa shape index (κ3) is 7.78. The van der Waals surface area contributed by atoms with Gasteiger partial charge in [0.1, 0.15) is 11.9 Å². The number of hydrogen-bond donors (Lipinski definition) is 4. The van der Waals surface area contributed by atoms with Crippen LogP contribution in [0, 0.1) is 29.6 Å². The van der Waals surface area contributed by atoms with Crippen LogP contribution in [0.1, 0.15) is 74.7 Å². The first-order valence-electron chi connectivity index (χ1n) is 14.4. The van der Waals surface area contributed by atoms with Gasteiger partial charge < -0.3 is 39.5 Å². The number of rotatable bonds is 4. The van der Waals surface area contributed by atoms with Gasteiger partial charge in [-0.3, -0.25) is 9.59 Å². The van der Waals surface area contributed by atoms with Gasteiger partial charge in [0.15, 0.2) is 6.29 Å². The zero-order valence-corrected chi connectivity index (χ0v) is 25.4. The van der Waals surface area contributed by atoms with Crippen molar-refractivity contribution in [1.29, 1.82) is 0 Å². The maximum absolute atomic E-state index is 13.5. The Morgan fingerprint density at radius 3 is 2.10 bits per heavy atom. The normalized spacial score (nSPS) is 47.5. The number of likely N-dealkylation sites (N-methyl/N-ethyl adjacent to an activating group) is 1. The molecule has 2 aliphatic rings. The van der Waals surface area contributed by atoms with Crippen molar-refractivity contribution in [3.8, 4) is 0 Å². The zero-order chi connectivity index (χ0) is 30.0. The summed E-state index contributed by atoms with van der Waals surface area (Å²) < 4.78 is 18.2. The predicted octanol–water partition coefficient (Wildman–Crippen LogP) is 1.75. The SMILES string of the molecule is CC[C@H]1OC(=O)[C@H](C)[C@@H](O[C@H]2CC(N(C)C)C(O)[C@@H](C)O2)[C@H](C)[C@@H](O)[C@](C)(O)C[C@@H](C)C(=O)[C@H](C)[C@@H](O)[C@H]1C. The zero-order valence-electron chi connectivity index (χ0n) is 25.4. The van der Waals surface area contributed by atoms with Gasteiger partial charge in [0.2, 0.25) is 0 Å². The number of carbonyl (C=O) groups excluding carboxylic acids is 2. The van der Waals surface area contributed by atoms with E-state index in [0.717, 1.165) is 0 Å². The van der Waals surface area contributed by atoms with Gasteiger partial charge in [-0.2, -0.15) is 0 Å². The fourth-order valence-corrected chi connectivity index (χ4v) is 6.33. The highest BCUT2D eigenvalue weighted by Gasteiger charge is 2.47. The summed E-state index contributed by atoms with van der Waals surface area (Å²) in [5.41, 5.74) is -1.69. The van der Waals surface area contributed by atoms with Crippen LogP contribution in [0.3, 0.4) is 0 Å². The first kappa shape index (κ1) is 34.1. The number of ether oxygens (including phenoxy) is 3. The summed E-state index contributed by atoms with van der Waals surface area (Å²) in [6.07, 6.45) is -5.24. The van der Waals surface area contributed by atoms with Gasteiger partial charge in [-0.25, -0.2) is 0 Å². The van der Waals surface area contributed by atoms with Gasteiger partial charge in [-0.05, 0) is 47.7 Å². The Labute approximate surface area is 234 Å². The second-order valence-electron chi connectivity index (χ2n) is 12.6. The van der Waals surface area contributed by atoms with E-state index in [1.54, 1.807) is 41.5 Å². The summed E-state index contributed by atoms with van der Waals surface area (Å²) in [4.78, 5) is 28.6. The van der Waals surface area contributed by atoms with E-state index < -0.39 is 84.1 Å². The molecular weight excluding hydrogens is 506 g/mol. The lowest BCUT2D eigenvalue weighted by molar-refractivity contribution is -0.268. The Morgan fingerprint density at radius 1 is 0.974 bits per heavy atom. The number of aliphatic hydroxyl groups is 4. The Bertz CT molecular complexity index is 821. The standard InChI is InChI=1S/C29H53NO9/c1-11-21-15(3)24(32)16(4)23(31)14(2)13-29(8,36)27(34)17(5)26(18(6)28(35)38-21)39-22-12-20(30(9)10)25(33)19(7)37-22/h14-22,24-27,32-34,36H,11-13H2,1-10H3/t14-,15+,16+,17+,18-,19-,20?,21-,22+,24+,25?,26+,27-,29-/m1/s1. The third-order valence-electron chi connectivity index (χ3n) is 9.13. The average molecular weight is 560 g/mol. The molecule has 2 aliphatic heterocycles. The van der Waals surface area contributed by atoms with Crippen LogP contribution >= 0.6 is 0 Å². The summed E-state index contributed by atoms with van der Waals surface area (Å²) in [5.74, 6) is -4.29. The Hall–Kier alpha value is -1.14. The number of ketones is 1. The van der Waals surface area contributed by atoms with E-state index in [-0.39, 0.29) is 18.2 Å². The number of Topliss-reactive ketones (excluding diaryl/α,β-unsaturated/α-hetero) is 1. The quantitative estimate of drug-likeness (QED) is 0.376. The molecule has 4 N–H and O–H groups in total. The number of esters is 1. The van der Waals surface area contributed by atoms with Crippen LogP contribution < -0.4 is 0 Å². The van der Waals surface area contributed by atoms with Crippen molar-refractivity contribution in [1.82, 2.24) is 4.90 Å². The number of hydrogen-bond acceptors (Lipinski definition) is 10. The minimum atomic E-state index is -1.69. The molecule has 0 saturated carbocycles. The van der Waals surface area contributed by atoms with E-state index in [0.29, 0.717) is 12.8 Å². The molecule has 0 aromatic carbocycles. The molecule has 0 aromatic rings. The molecule has 0 amide bonds. The average Bonchev–Trinajstić information content (AvgIpc) is 2.87. The Kier molecular flexibility index (Phi) is 11.9. The van der Waals surface area contributed by atoms with Crippen molar-refractivity contribution in [2.45, 2.75) is 129 Å². The second-order valence-corrected chi connectivity index (χ2v) is 12.6. The molecule has 2 saturated heterocycles. The topological polar surface area (TPSA) is 146 Å². The van der Waals surface area contributed by atoms with Crippen molar-refractivity contribution >= 4 is 11.8 Å². The van der Waals surface area contributed by atoms with Crippen molar-refractivity contribution in [2.75, 3.05) is 14.1 Å². The van der Waals surface area contributed by atoms with Crippen molar-refractivity contribution in [2.24, 2.45) is 29.6 Å². The third-order valence-corrected chi connectivity index (χ3v) is 9.13. The lowest BCUT2D eigenvalue weighted by Crippen LogP contribution is -2.56. The molecule has 2 rings (SSSR count). The van der Waals surface area contributed by atoms with Crippen molar-refractivity contribution in [3.63, 3.8) is 0 Å². The molecule has 0 aliphatic carbocycles. The van der Waals surface area contributed by atoms with E-state index in [9.17, 15) is 30.0 Å². The summed E-state index contributed by atoms with van der Waals surface area (Å²) in [6.45, 7) is 13.5. The number of aliphatic hydroxyl groups excluding tert-OH is 3. The summed E-state index contributed by atoms with van der Waals surface area (Å²) >= 11 is 0. The molecular formula is C29H53NO9. The molecule has 14 atom stereocenters. The predicted molar refractivity (Wildman–Crippen MR) is 146 cm³/mol. The van der Waals surface area contributed by atoms with Gasteiger partial charge in [0.05, 0.1) is 42.0 Å². The highest BCUT2D eigenvalue weighted by Crippen LogP contribution is 2.36. The summed E-state index contributed by atoms with van der Waals surface area (Å²) in [7, 11) is 3.72. The molecule has 228 valence electrons. The molecule has 2 fully saturated rings. The van der Waals surface area contributed by atoms with Crippen molar-refractivity contribution in [3.05, 3.63) is 0 Å². The molecule has 2 unspecified atom stereocenters. The molecule has 10 heteroatoms. The van der Waals surface area contributed by atoms with Crippen LogP contribution in [0.5, 0.6) is 0 Å². The molecule has 0 radical (unpaired) electrons. The van der Waals surface area contributed by atoms with Crippen LogP contribution in [0.4, 0.5) is 0 Å². The molecule has 0 bridgehead atoms. The lowest BCUT2D eigenvalue weighted by atomic mass is 9.75. The van der Waals surface area contributed by atoms with Gasteiger partial charge >= 0.3 is 5.97 Å². The van der Waals surface area contributed by atoms with Gasteiger partial charge in [-0.15, -0.1) is 0 Å². The maximum atomic E-state index is 13.5. The molecule has 10 nitrogen and oxygen atoms in total. The van der Waals surface area contributed by atoms with Crippen LogP contribution in [0.25, 0.3) is 0 Å². The van der Waals surface area contributed by atoms with Crippen LogP contribution in [-0.4, -0.2) is 106 Å². The van der Waals surface area contributed by atoms with Crippen LogP contribution in [-0.2, 0) is 23.8 Å². The number of carbonyl (C=O) groups is 2. The fraction of sp³-hybridized carbons (Fsp3) is 0.931. The van der Waals surface area contributed by atoms with Crippen LogP contribution in [0.15, 0.2) is 0 Å². The minimum Gasteiger partial charge on any atom is -0.462 e. The van der Waals surface area contributed by atoms with E-state index >= 15 is 0 Å². The van der Waals surface area contributed by atoms with E-state index in [2.05, 4.69) is 0 Å². The maximum Gasteiger partial charge on any atom is 0.311 e. The first-order chi connectivity index (χ1) is 17.9. The van der Waals surface area contributed by atoms with Gasteiger partial charge in [0.25, 0.3) is 0 Å². The second kappa shape index (κ2) is 13.7. The summed E-state index contributed by atoms with van der Waals surface area (Å²) in [5, 5.41) is 44.4. The molecule has 39 heavy (non-hydrogen) atoms. The number of cyclic esters (lactones) is 1. The summed E-state index contributed by atoms with van der Waals surface area (Å²) in [6, 6.07) is -0.247. The molecule has 0 aromatic heterocycles. The van der Waals surface area contributed by atoms with Crippen molar-refractivity contribution < 1.29 is 44.2 Å². The monoisotopic (exact) mass is 559 g/mol. The van der Waals surface area contributed by atoms with E-state index in [1.165, 1.54) is 6.92 Å². The molecule has 2 heterocycles. The first-order valence-corrected chi connectivity index (χ1v) is 14.4. The number of nitrogens with zero attached hydrogens (tertiary/aromatic N) is 1. The minimum absolute atomic E-state index is 0.0304. The highest BCUT2D eigenvalue weighted by atomic mass is 16.7. The lowest BCUT2D eigenvalue weighted by Gasteiger charge is -2.44. The van der Waals surface area contributed by atoms with E-state index in [4.69, 9.17) is 14.2 Å². The smallest absolute Gasteiger partial charge is 0.311 e. The molecule has 0 spiro atoms. The van der Waals surface area contributed by atoms with E-state index in [1.807, 2.05) is 25.9 Å². The largest absolute Gasteiger partial charge is 0.462 e. The van der Waals surface area contributed by atoms with Gasteiger partial charge in [0, 0.05) is 36.1 Å². The Morgan fingerprint density at radius 2 is 1.56 bits per heavy atom.